The van der Waals surface area contributed by atoms with Gasteiger partial charge in [-0.3, -0.25) is 19.3 Å². The minimum Gasteiger partial charge on any atom is -0.321 e. The van der Waals surface area contributed by atoms with Crippen LogP contribution in [0.3, 0.4) is 0 Å². The molecule has 0 atom stereocenters. The number of hydrogen-bond donors (Lipinski definition) is 2. The van der Waals surface area contributed by atoms with Gasteiger partial charge in [0.2, 0.25) is 5.91 Å². The van der Waals surface area contributed by atoms with Crippen molar-refractivity contribution in [3.8, 4) is 0 Å². The van der Waals surface area contributed by atoms with Crippen LogP contribution in [0.15, 0.2) is 146 Å². The quantitative estimate of drug-likeness (QED) is 0.124. The zero-order valence-corrected chi connectivity index (χ0v) is 27.3. The molecule has 6 nitrogen and oxygen atoms in total. The van der Waals surface area contributed by atoms with Crippen molar-refractivity contribution in [2.24, 2.45) is 0 Å². The molecular formula is C36H25BrFN3O3S2. The third-order valence-corrected chi connectivity index (χ3v) is 9.56. The topological polar surface area (TPSA) is 78.5 Å². The van der Waals surface area contributed by atoms with Gasteiger partial charge in [-0.15, -0.1) is 11.8 Å². The number of fused-ring (bicyclic) bond motifs is 2. The largest absolute Gasteiger partial charge is 0.321 e. The molecule has 1 aliphatic heterocycles. The van der Waals surface area contributed by atoms with Crippen LogP contribution in [0.4, 0.5) is 21.5 Å². The van der Waals surface area contributed by atoms with E-state index in [2.05, 4.69) is 26.6 Å². The lowest BCUT2D eigenvalue weighted by Gasteiger charge is -2.31. The Morgan fingerprint density at radius 2 is 1.43 bits per heavy atom. The molecule has 1 aliphatic rings. The van der Waals surface area contributed by atoms with E-state index in [4.69, 9.17) is 0 Å². The molecule has 0 saturated heterocycles. The fourth-order valence-corrected chi connectivity index (χ4v) is 6.92. The molecule has 0 aliphatic carbocycles. The van der Waals surface area contributed by atoms with Gasteiger partial charge in [0.1, 0.15) is 11.5 Å². The monoisotopic (exact) mass is 709 g/mol. The fraction of sp³-hybridized carbons (Fsp3) is 0.0278. The number of thioether (sulfide) groups is 1. The van der Waals surface area contributed by atoms with Crippen LogP contribution in [0.1, 0.15) is 15.9 Å². The van der Waals surface area contributed by atoms with Crippen LogP contribution >= 0.6 is 39.5 Å². The highest BCUT2D eigenvalue weighted by Gasteiger charge is 2.27. The number of carbonyl (C=O) groups excluding carboxylic acids is 3. The Morgan fingerprint density at radius 1 is 0.804 bits per heavy atom. The van der Waals surface area contributed by atoms with E-state index in [9.17, 15) is 18.8 Å². The zero-order chi connectivity index (χ0) is 32.0. The van der Waals surface area contributed by atoms with Gasteiger partial charge in [-0.05, 0) is 84.9 Å². The molecule has 10 heteroatoms. The molecule has 46 heavy (non-hydrogen) atoms. The first-order valence-electron chi connectivity index (χ1n) is 14.1. The Morgan fingerprint density at radius 3 is 2.11 bits per heavy atom. The molecule has 228 valence electrons. The minimum atomic E-state index is -0.625. The Bertz CT molecular complexity index is 1920. The molecular weight excluding hydrogens is 685 g/mol. The van der Waals surface area contributed by atoms with Crippen LogP contribution in [-0.4, -0.2) is 23.5 Å². The number of para-hydroxylation sites is 2. The number of nitrogens with one attached hydrogen (secondary N) is 2. The average molecular weight is 711 g/mol. The number of rotatable bonds is 8. The number of hydrogen-bond acceptors (Lipinski definition) is 5. The van der Waals surface area contributed by atoms with E-state index < -0.39 is 17.6 Å². The molecule has 3 amide bonds. The highest BCUT2D eigenvalue weighted by Crippen LogP contribution is 2.48. The van der Waals surface area contributed by atoms with E-state index in [0.29, 0.717) is 15.7 Å². The van der Waals surface area contributed by atoms with Crippen molar-refractivity contribution < 1.29 is 18.8 Å². The first kappa shape index (κ1) is 31.3. The highest BCUT2D eigenvalue weighted by atomic mass is 79.9. The number of anilines is 3. The van der Waals surface area contributed by atoms with Gasteiger partial charge in [-0.2, -0.15) is 0 Å². The molecule has 0 fully saturated rings. The summed E-state index contributed by atoms with van der Waals surface area (Å²) in [6, 6.07) is 35.5. The number of amides is 3. The van der Waals surface area contributed by atoms with E-state index in [1.165, 1.54) is 30.0 Å². The van der Waals surface area contributed by atoms with Crippen molar-refractivity contribution in [1.29, 1.82) is 0 Å². The van der Waals surface area contributed by atoms with E-state index in [-0.39, 0.29) is 22.9 Å². The van der Waals surface area contributed by atoms with Crippen molar-refractivity contribution in [3.63, 3.8) is 0 Å². The SMILES string of the molecule is O=C(Nc1ccc(SCC(=O)N2c3ccccc3Sc3ccccc32)cc1)/C(=C/c1cc(Br)ccc1F)NC(=O)c1ccccc1. The summed E-state index contributed by atoms with van der Waals surface area (Å²) in [6.45, 7) is 0. The lowest BCUT2D eigenvalue weighted by atomic mass is 10.1. The van der Waals surface area contributed by atoms with Gasteiger partial charge in [-0.1, -0.05) is 70.2 Å². The van der Waals surface area contributed by atoms with Crippen LogP contribution in [0.25, 0.3) is 6.08 Å². The molecule has 0 saturated carbocycles. The normalized spacial score (nSPS) is 12.1. The van der Waals surface area contributed by atoms with E-state index in [1.54, 1.807) is 77.3 Å². The second-order valence-electron chi connectivity index (χ2n) is 10.1. The third kappa shape index (κ3) is 7.25. The van der Waals surface area contributed by atoms with Crippen molar-refractivity contribution >= 4 is 80.3 Å². The molecule has 0 spiro atoms. The second kappa shape index (κ2) is 14.2. The first-order chi connectivity index (χ1) is 22.4. The zero-order valence-electron chi connectivity index (χ0n) is 24.1. The van der Waals surface area contributed by atoms with Crippen LogP contribution in [0.5, 0.6) is 0 Å². The summed E-state index contributed by atoms with van der Waals surface area (Å²) >= 11 is 6.36. The molecule has 0 aromatic heterocycles. The van der Waals surface area contributed by atoms with Gasteiger partial charge >= 0.3 is 0 Å². The molecule has 5 aromatic carbocycles. The predicted molar refractivity (Wildman–Crippen MR) is 186 cm³/mol. The van der Waals surface area contributed by atoms with Crippen LogP contribution in [0, 0.1) is 5.82 Å². The molecule has 0 bridgehead atoms. The molecule has 2 N–H and O–H groups in total. The van der Waals surface area contributed by atoms with Crippen molar-refractivity contribution in [3.05, 3.63) is 148 Å². The van der Waals surface area contributed by atoms with Gasteiger partial charge in [0.05, 0.1) is 17.1 Å². The lowest BCUT2D eigenvalue weighted by Crippen LogP contribution is -2.30. The molecule has 6 rings (SSSR count). The smallest absolute Gasteiger partial charge is 0.272 e. The van der Waals surface area contributed by atoms with Gasteiger partial charge in [0.15, 0.2) is 0 Å². The van der Waals surface area contributed by atoms with E-state index >= 15 is 0 Å². The molecule has 1 heterocycles. The Labute approximate surface area is 282 Å². The van der Waals surface area contributed by atoms with Gasteiger partial charge in [0.25, 0.3) is 11.8 Å². The van der Waals surface area contributed by atoms with Crippen molar-refractivity contribution in [2.45, 2.75) is 14.7 Å². The average Bonchev–Trinajstić information content (AvgIpc) is 3.08. The molecule has 0 unspecified atom stereocenters. The second-order valence-corrected chi connectivity index (χ2v) is 13.1. The minimum absolute atomic E-state index is 0.0497. The van der Waals surface area contributed by atoms with Gasteiger partial charge < -0.3 is 10.6 Å². The van der Waals surface area contributed by atoms with Gasteiger partial charge in [0, 0.05) is 36.0 Å². The van der Waals surface area contributed by atoms with E-state index in [1.807, 2.05) is 48.5 Å². The molecule has 0 radical (unpaired) electrons. The fourth-order valence-electron chi connectivity index (χ4n) is 4.74. The highest BCUT2D eigenvalue weighted by molar-refractivity contribution is 9.10. The predicted octanol–water partition coefficient (Wildman–Crippen LogP) is 8.92. The summed E-state index contributed by atoms with van der Waals surface area (Å²) < 4.78 is 15.2. The third-order valence-electron chi connectivity index (χ3n) is 6.94. The van der Waals surface area contributed by atoms with Gasteiger partial charge in [-0.25, -0.2) is 4.39 Å². The Hall–Kier alpha value is -4.64. The molecule has 5 aromatic rings. The van der Waals surface area contributed by atoms with Crippen LogP contribution < -0.4 is 15.5 Å². The summed E-state index contributed by atoms with van der Waals surface area (Å²) in [6.07, 6.45) is 1.29. The van der Waals surface area contributed by atoms with Crippen molar-refractivity contribution in [1.82, 2.24) is 5.32 Å². The van der Waals surface area contributed by atoms with E-state index in [0.717, 1.165) is 26.1 Å². The lowest BCUT2D eigenvalue weighted by molar-refractivity contribution is -0.115. The van der Waals surface area contributed by atoms with Crippen LogP contribution in [0.2, 0.25) is 0 Å². The van der Waals surface area contributed by atoms with Crippen molar-refractivity contribution in [2.75, 3.05) is 16.0 Å². The Kier molecular flexibility index (Phi) is 9.68. The van der Waals surface area contributed by atoms with Crippen LogP contribution in [-0.2, 0) is 9.59 Å². The summed E-state index contributed by atoms with van der Waals surface area (Å²) in [5.74, 6) is -1.53. The summed E-state index contributed by atoms with van der Waals surface area (Å²) in [5, 5.41) is 5.39. The Balaban J connectivity index is 1.15. The summed E-state index contributed by atoms with van der Waals surface area (Å²) in [5.41, 5.74) is 2.53. The maximum absolute atomic E-state index is 14.6. The first-order valence-corrected chi connectivity index (χ1v) is 16.7. The maximum Gasteiger partial charge on any atom is 0.272 e. The summed E-state index contributed by atoms with van der Waals surface area (Å²) in [4.78, 5) is 44.5. The number of carbonyl (C=O) groups is 3. The number of halogens is 2. The number of nitrogens with zero attached hydrogens (tertiary/aromatic N) is 1. The standard InChI is InChI=1S/C36H25BrFN3O3S2/c37-25-14-19-28(38)24(20-25)21-29(40-35(43)23-8-2-1-3-9-23)36(44)39-26-15-17-27(18-16-26)45-22-34(42)41-30-10-4-6-12-32(30)46-33-13-7-5-11-31(33)41/h1-21H,22H2,(H,39,44)(H,40,43)/b29-21-. The summed E-state index contributed by atoms with van der Waals surface area (Å²) in [7, 11) is 0. The number of benzene rings is 5. The maximum atomic E-state index is 14.6.